The molecule has 2 heterocycles. The molecule has 0 atom stereocenters. The van der Waals surface area contributed by atoms with Crippen LogP contribution in [-0.2, 0) is 6.42 Å². The minimum atomic E-state index is 0.740. The van der Waals surface area contributed by atoms with Crippen LogP contribution in [0, 0.1) is 5.92 Å². The van der Waals surface area contributed by atoms with Crippen LogP contribution in [0.3, 0.4) is 0 Å². The van der Waals surface area contributed by atoms with Crippen molar-refractivity contribution in [2.45, 2.75) is 26.2 Å². The molecule has 116 valence electrons. The van der Waals surface area contributed by atoms with Crippen LogP contribution < -0.4 is 10.6 Å². The van der Waals surface area contributed by atoms with Crippen molar-refractivity contribution in [1.29, 1.82) is 0 Å². The molecule has 0 amide bonds. The van der Waals surface area contributed by atoms with Gasteiger partial charge in [0.15, 0.2) is 0 Å². The molecule has 0 radical (unpaired) electrons. The number of hydrogen-bond donors (Lipinski definition) is 2. The maximum Gasteiger partial charge on any atom is 0.148 e. The Morgan fingerprint density at radius 2 is 1.82 bits per heavy atom. The standard InChI is InChI=1S/C18H24N4/c1-2-14-3-5-16(6-4-14)17-7-8-18(22-21-17)20-13-15-9-11-19-12-10-15/h3-8,15,19H,2,9-13H2,1H3,(H,20,22). The van der Waals surface area contributed by atoms with E-state index < -0.39 is 0 Å². The first-order valence-electron chi connectivity index (χ1n) is 8.23. The molecule has 4 nitrogen and oxygen atoms in total. The fourth-order valence-electron chi connectivity index (χ4n) is 2.83. The summed E-state index contributed by atoms with van der Waals surface area (Å²) in [6, 6.07) is 12.6. The highest BCUT2D eigenvalue weighted by Gasteiger charge is 2.12. The van der Waals surface area contributed by atoms with Gasteiger partial charge in [0, 0.05) is 12.1 Å². The van der Waals surface area contributed by atoms with Crippen molar-refractivity contribution in [2.24, 2.45) is 5.92 Å². The third-order valence-corrected chi connectivity index (χ3v) is 4.35. The first-order valence-corrected chi connectivity index (χ1v) is 8.23. The van der Waals surface area contributed by atoms with E-state index in [1.54, 1.807) is 0 Å². The Balaban J connectivity index is 1.59. The van der Waals surface area contributed by atoms with Crippen LogP contribution in [0.4, 0.5) is 5.82 Å². The van der Waals surface area contributed by atoms with Gasteiger partial charge in [0.2, 0.25) is 0 Å². The number of piperidine rings is 1. The highest BCUT2D eigenvalue weighted by molar-refractivity contribution is 5.59. The molecule has 3 rings (SSSR count). The molecule has 22 heavy (non-hydrogen) atoms. The lowest BCUT2D eigenvalue weighted by molar-refractivity contribution is 0.389. The molecule has 1 fully saturated rings. The molecule has 1 aliphatic rings. The van der Waals surface area contributed by atoms with Gasteiger partial charge in [-0.2, -0.15) is 0 Å². The van der Waals surface area contributed by atoms with Gasteiger partial charge in [0.25, 0.3) is 0 Å². The Kier molecular flexibility index (Phi) is 5.01. The molecular formula is C18H24N4. The molecule has 0 saturated carbocycles. The smallest absolute Gasteiger partial charge is 0.148 e. The van der Waals surface area contributed by atoms with Crippen molar-refractivity contribution in [2.75, 3.05) is 25.0 Å². The summed E-state index contributed by atoms with van der Waals surface area (Å²) in [4.78, 5) is 0. The second-order valence-electron chi connectivity index (χ2n) is 5.93. The van der Waals surface area contributed by atoms with E-state index in [1.807, 2.05) is 12.1 Å². The third kappa shape index (κ3) is 3.83. The van der Waals surface area contributed by atoms with E-state index in [4.69, 9.17) is 0 Å². The van der Waals surface area contributed by atoms with Gasteiger partial charge in [-0.25, -0.2) is 0 Å². The lowest BCUT2D eigenvalue weighted by atomic mass is 9.98. The predicted octanol–water partition coefficient (Wildman–Crippen LogP) is 3.12. The first kappa shape index (κ1) is 15.0. The summed E-state index contributed by atoms with van der Waals surface area (Å²) in [5, 5.41) is 15.4. The monoisotopic (exact) mass is 296 g/mol. The van der Waals surface area contributed by atoms with Gasteiger partial charge < -0.3 is 10.6 Å². The van der Waals surface area contributed by atoms with Gasteiger partial charge in [-0.3, -0.25) is 0 Å². The normalized spacial score (nSPS) is 15.7. The predicted molar refractivity (Wildman–Crippen MR) is 90.9 cm³/mol. The fraction of sp³-hybridized carbons (Fsp3) is 0.444. The Labute approximate surface area is 132 Å². The summed E-state index contributed by atoms with van der Waals surface area (Å²) in [6.07, 6.45) is 3.54. The minimum Gasteiger partial charge on any atom is -0.368 e. The van der Waals surface area contributed by atoms with Crippen LogP contribution >= 0.6 is 0 Å². The summed E-state index contributed by atoms with van der Waals surface area (Å²) >= 11 is 0. The molecule has 2 aromatic rings. The molecule has 2 N–H and O–H groups in total. The third-order valence-electron chi connectivity index (χ3n) is 4.35. The molecule has 0 bridgehead atoms. The molecule has 1 aromatic carbocycles. The van der Waals surface area contributed by atoms with Crippen molar-refractivity contribution >= 4 is 5.82 Å². The van der Waals surface area contributed by atoms with Crippen molar-refractivity contribution in [1.82, 2.24) is 15.5 Å². The van der Waals surface area contributed by atoms with Gasteiger partial charge in [0.1, 0.15) is 5.82 Å². The van der Waals surface area contributed by atoms with Crippen LogP contribution in [-0.4, -0.2) is 29.8 Å². The highest BCUT2D eigenvalue weighted by Crippen LogP contribution is 2.18. The van der Waals surface area contributed by atoms with Gasteiger partial charge in [-0.15, -0.1) is 10.2 Å². The number of nitrogens with one attached hydrogen (secondary N) is 2. The SMILES string of the molecule is CCc1ccc(-c2ccc(NCC3CCNCC3)nn2)cc1. The number of aromatic nitrogens is 2. The fourth-order valence-corrected chi connectivity index (χ4v) is 2.83. The number of hydrogen-bond acceptors (Lipinski definition) is 4. The molecular weight excluding hydrogens is 272 g/mol. The van der Waals surface area contributed by atoms with Crippen LogP contribution in [0.25, 0.3) is 11.3 Å². The van der Waals surface area contributed by atoms with Gasteiger partial charge in [-0.1, -0.05) is 31.2 Å². The van der Waals surface area contributed by atoms with E-state index in [0.29, 0.717) is 0 Å². The quantitative estimate of drug-likeness (QED) is 0.890. The molecule has 0 unspecified atom stereocenters. The zero-order chi connectivity index (χ0) is 15.2. The number of nitrogens with zero attached hydrogens (tertiary/aromatic N) is 2. The number of rotatable bonds is 5. The molecule has 1 aliphatic heterocycles. The van der Waals surface area contributed by atoms with E-state index >= 15 is 0 Å². The Morgan fingerprint density at radius 3 is 2.45 bits per heavy atom. The zero-order valence-corrected chi connectivity index (χ0v) is 13.2. The summed E-state index contributed by atoms with van der Waals surface area (Å²) in [5.41, 5.74) is 3.39. The van der Waals surface area contributed by atoms with E-state index in [0.717, 1.165) is 49.0 Å². The van der Waals surface area contributed by atoms with Gasteiger partial charge in [-0.05, 0) is 56.0 Å². The topological polar surface area (TPSA) is 49.8 Å². The molecule has 1 aromatic heterocycles. The molecule has 0 spiro atoms. The van der Waals surface area contributed by atoms with E-state index in [9.17, 15) is 0 Å². The number of aryl methyl sites for hydroxylation is 1. The van der Waals surface area contributed by atoms with Gasteiger partial charge >= 0.3 is 0 Å². The lowest BCUT2D eigenvalue weighted by Crippen LogP contribution is -2.31. The average molecular weight is 296 g/mol. The van der Waals surface area contributed by atoms with E-state index in [-0.39, 0.29) is 0 Å². The van der Waals surface area contributed by atoms with Gasteiger partial charge in [0.05, 0.1) is 5.69 Å². The van der Waals surface area contributed by atoms with Crippen molar-refractivity contribution in [3.05, 3.63) is 42.0 Å². The molecule has 4 heteroatoms. The lowest BCUT2D eigenvalue weighted by Gasteiger charge is -2.22. The Morgan fingerprint density at radius 1 is 1.05 bits per heavy atom. The van der Waals surface area contributed by atoms with E-state index in [2.05, 4.69) is 52.0 Å². The summed E-state index contributed by atoms with van der Waals surface area (Å²) in [7, 11) is 0. The summed E-state index contributed by atoms with van der Waals surface area (Å²) < 4.78 is 0. The van der Waals surface area contributed by atoms with Crippen LogP contribution in [0.1, 0.15) is 25.3 Å². The number of anilines is 1. The highest BCUT2D eigenvalue weighted by atomic mass is 15.2. The maximum atomic E-state index is 4.34. The second-order valence-corrected chi connectivity index (χ2v) is 5.93. The summed E-state index contributed by atoms with van der Waals surface area (Å²) in [6.45, 7) is 5.41. The summed E-state index contributed by atoms with van der Waals surface area (Å²) in [5.74, 6) is 1.61. The van der Waals surface area contributed by atoms with Crippen molar-refractivity contribution < 1.29 is 0 Å². The zero-order valence-electron chi connectivity index (χ0n) is 13.2. The van der Waals surface area contributed by atoms with Crippen LogP contribution in [0.2, 0.25) is 0 Å². The Hall–Kier alpha value is -1.94. The second kappa shape index (κ2) is 7.36. The number of benzene rings is 1. The Bertz CT molecular complexity index is 571. The van der Waals surface area contributed by atoms with Crippen molar-refractivity contribution in [3.63, 3.8) is 0 Å². The van der Waals surface area contributed by atoms with E-state index in [1.165, 1.54) is 18.4 Å². The van der Waals surface area contributed by atoms with Crippen LogP contribution in [0.5, 0.6) is 0 Å². The molecule has 1 saturated heterocycles. The first-order chi connectivity index (χ1) is 10.8. The minimum absolute atomic E-state index is 0.740. The maximum absolute atomic E-state index is 4.34. The van der Waals surface area contributed by atoms with Crippen molar-refractivity contribution in [3.8, 4) is 11.3 Å². The largest absolute Gasteiger partial charge is 0.368 e. The average Bonchev–Trinajstić information content (AvgIpc) is 2.61. The van der Waals surface area contributed by atoms with Crippen LogP contribution in [0.15, 0.2) is 36.4 Å². The molecule has 0 aliphatic carbocycles.